The molecular formula is C13H12N2O. The average Bonchev–Trinajstić information content (AvgIpc) is 2.39. The maximum atomic E-state index is 5.71. The van der Waals surface area contributed by atoms with Crippen molar-refractivity contribution in [1.29, 1.82) is 0 Å². The van der Waals surface area contributed by atoms with E-state index in [0.717, 1.165) is 11.4 Å². The number of hydrogen-bond acceptors (Lipinski definition) is 3. The Morgan fingerprint density at radius 1 is 1.12 bits per heavy atom. The molecule has 0 aliphatic carbocycles. The van der Waals surface area contributed by atoms with Crippen LogP contribution in [-0.2, 0) is 0 Å². The van der Waals surface area contributed by atoms with Crippen LogP contribution < -0.4 is 10.1 Å². The first-order valence-corrected chi connectivity index (χ1v) is 5.32. The summed E-state index contributed by atoms with van der Waals surface area (Å²) in [7, 11) is 0. The molecule has 0 radical (unpaired) electrons. The minimum atomic E-state index is 0.206. The molecule has 1 aromatic carbocycles. The van der Waals surface area contributed by atoms with E-state index >= 15 is 0 Å². The maximum Gasteiger partial charge on any atom is 0.142 e. The van der Waals surface area contributed by atoms with Crippen LogP contribution in [0.5, 0.6) is 5.75 Å². The normalized spacial score (nSPS) is 18.1. The second-order valence-electron chi connectivity index (χ2n) is 3.78. The van der Waals surface area contributed by atoms with Gasteiger partial charge in [-0.3, -0.25) is 4.98 Å². The predicted octanol–water partition coefficient (Wildman–Crippen LogP) is 2.63. The van der Waals surface area contributed by atoms with Crippen molar-refractivity contribution in [2.75, 3.05) is 11.9 Å². The van der Waals surface area contributed by atoms with Gasteiger partial charge in [-0.15, -0.1) is 0 Å². The molecule has 0 amide bonds. The van der Waals surface area contributed by atoms with E-state index < -0.39 is 0 Å². The van der Waals surface area contributed by atoms with Crippen LogP contribution in [0, 0.1) is 0 Å². The number of para-hydroxylation sites is 2. The van der Waals surface area contributed by atoms with Crippen LogP contribution in [-0.4, -0.2) is 11.6 Å². The summed E-state index contributed by atoms with van der Waals surface area (Å²) < 4.78 is 5.71. The molecule has 1 aliphatic heterocycles. The highest BCUT2D eigenvalue weighted by Gasteiger charge is 2.19. The van der Waals surface area contributed by atoms with Crippen molar-refractivity contribution >= 4 is 5.69 Å². The summed E-state index contributed by atoms with van der Waals surface area (Å²) in [6.45, 7) is 0.654. The van der Waals surface area contributed by atoms with Gasteiger partial charge < -0.3 is 10.1 Å². The molecule has 1 unspecified atom stereocenters. The van der Waals surface area contributed by atoms with Crippen molar-refractivity contribution in [3.63, 3.8) is 0 Å². The van der Waals surface area contributed by atoms with Crippen molar-refractivity contribution in [1.82, 2.24) is 4.98 Å². The van der Waals surface area contributed by atoms with Gasteiger partial charge in [0.05, 0.1) is 11.7 Å². The molecule has 16 heavy (non-hydrogen) atoms. The Balaban J connectivity index is 1.89. The third kappa shape index (κ3) is 1.60. The molecule has 0 fully saturated rings. The first-order valence-electron chi connectivity index (χ1n) is 5.32. The second-order valence-corrected chi connectivity index (χ2v) is 3.78. The Morgan fingerprint density at radius 3 is 2.81 bits per heavy atom. The molecular weight excluding hydrogens is 200 g/mol. The van der Waals surface area contributed by atoms with Crippen LogP contribution in [0.25, 0.3) is 0 Å². The van der Waals surface area contributed by atoms with Crippen LogP contribution in [0.3, 0.4) is 0 Å². The van der Waals surface area contributed by atoms with Crippen LogP contribution in [0.4, 0.5) is 5.69 Å². The third-order valence-corrected chi connectivity index (χ3v) is 2.73. The number of nitrogens with zero attached hydrogens (tertiary/aromatic N) is 1. The lowest BCUT2D eigenvalue weighted by atomic mass is 10.1. The molecule has 0 bridgehead atoms. The summed E-state index contributed by atoms with van der Waals surface area (Å²) in [6, 6.07) is 12.2. The van der Waals surface area contributed by atoms with E-state index in [1.54, 1.807) is 12.4 Å². The number of fused-ring (bicyclic) bond motifs is 1. The number of hydrogen-bond donors (Lipinski definition) is 1. The summed E-state index contributed by atoms with van der Waals surface area (Å²) in [6.07, 6.45) is 3.61. The molecule has 80 valence electrons. The number of rotatable bonds is 1. The standard InChI is InChI=1S/C13H12N2O/c1-2-4-13-11(3-1)15-12(9-16-13)10-5-7-14-8-6-10/h1-8,12,15H,9H2. The van der Waals surface area contributed by atoms with E-state index in [1.165, 1.54) is 5.56 Å². The van der Waals surface area contributed by atoms with Crippen LogP contribution in [0.2, 0.25) is 0 Å². The van der Waals surface area contributed by atoms with Gasteiger partial charge in [0, 0.05) is 12.4 Å². The number of aromatic nitrogens is 1. The van der Waals surface area contributed by atoms with E-state index in [0.29, 0.717) is 6.61 Å². The minimum absolute atomic E-state index is 0.206. The molecule has 0 spiro atoms. The van der Waals surface area contributed by atoms with Crippen molar-refractivity contribution in [2.24, 2.45) is 0 Å². The Labute approximate surface area is 94.1 Å². The lowest BCUT2D eigenvalue weighted by Gasteiger charge is -2.27. The fourth-order valence-corrected chi connectivity index (χ4v) is 1.89. The topological polar surface area (TPSA) is 34.2 Å². The smallest absolute Gasteiger partial charge is 0.142 e. The molecule has 1 aromatic heterocycles. The number of anilines is 1. The van der Waals surface area contributed by atoms with Gasteiger partial charge in [0.15, 0.2) is 0 Å². The zero-order valence-electron chi connectivity index (χ0n) is 8.76. The molecule has 1 aliphatic rings. The van der Waals surface area contributed by atoms with Gasteiger partial charge in [0.1, 0.15) is 12.4 Å². The van der Waals surface area contributed by atoms with Gasteiger partial charge in [0.2, 0.25) is 0 Å². The van der Waals surface area contributed by atoms with Crippen molar-refractivity contribution in [3.8, 4) is 5.75 Å². The molecule has 1 atom stereocenters. The zero-order chi connectivity index (χ0) is 10.8. The van der Waals surface area contributed by atoms with E-state index in [4.69, 9.17) is 4.74 Å². The largest absolute Gasteiger partial charge is 0.489 e. The SMILES string of the molecule is c1ccc2c(c1)NC(c1ccncc1)CO2. The van der Waals surface area contributed by atoms with Gasteiger partial charge in [-0.25, -0.2) is 0 Å². The number of nitrogens with one attached hydrogen (secondary N) is 1. The predicted molar refractivity (Wildman–Crippen MR) is 62.5 cm³/mol. The maximum absolute atomic E-state index is 5.71. The van der Waals surface area contributed by atoms with Crippen molar-refractivity contribution in [2.45, 2.75) is 6.04 Å². The van der Waals surface area contributed by atoms with Crippen LogP contribution in [0.15, 0.2) is 48.8 Å². The highest BCUT2D eigenvalue weighted by atomic mass is 16.5. The molecule has 3 nitrogen and oxygen atoms in total. The molecule has 1 N–H and O–H groups in total. The number of benzene rings is 1. The molecule has 2 heterocycles. The first kappa shape index (κ1) is 9.21. The van der Waals surface area contributed by atoms with E-state index in [9.17, 15) is 0 Å². The fourth-order valence-electron chi connectivity index (χ4n) is 1.89. The van der Waals surface area contributed by atoms with E-state index in [1.807, 2.05) is 36.4 Å². The molecule has 3 heteroatoms. The molecule has 0 saturated carbocycles. The van der Waals surface area contributed by atoms with E-state index in [2.05, 4.69) is 10.3 Å². The van der Waals surface area contributed by atoms with Crippen LogP contribution in [0.1, 0.15) is 11.6 Å². The Kier molecular flexibility index (Phi) is 2.22. The van der Waals surface area contributed by atoms with Crippen molar-refractivity contribution in [3.05, 3.63) is 54.4 Å². The Morgan fingerprint density at radius 2 is 1.94 bits per heavy atom. The zero-order valence-corrected chi connectivity index (χ0v) is 8.76. The van der Waals surface area contributed by atoms with Gasteiger partial charge in [-0.1, -0.05) is 12.1 Å². The van der Waals surface area contributed by atoms with Crippen molar-refractivity contribution < 1.29 is 4.74 Å². The number of ether oxygens (including phenoxy) is 1. The second kappa shape index (κ2) is 3.85. The third-order valence-electron chi connectivity index (χ3n) is 2.73. The fraction of sp³-hybridized carbons (Fsp3) is 0.154. The van der Waals surface area contributed by atoms with E-state index in [-0.39, 0.29) is 6.04 Å². The van der Waals surface area contributed by atoms with Gasteiger partial charge in [-0.05, 0) is 29.8 Å². The summed E-state index contributed by atoms with van der Waals surface area (Å²) in [4.78, 5) is 4.02. The quantitative estimate of drug-likeness (QED) is 0.789. The molecule has 2 aromatic rings. The molecule has 0 saturated heterocycles. The van der Waals surface area contributed by atoms with Gasteiger partial charge in [-0.2, -0.15) is 0 Å². The summed E-state index contributed by atoms with van der Waals surface area (Å²) in [5.41, 5.74) is 2.25. The highest BCUT2D eigenvalue weighted by molar-refractivity contribution is 5.58. The summed E-state index contributed by atoms with van der Waals surface area (Å²) >= 11 is 0. The Hall–Kier alpha value is -2.03. The lowest BCUT2D eigenvalue weighted by molar-refractivity contribution is 0.286. The summed E-state index contributed by atoms with van der Waals surface area (Å²) in [5, 5.41) is 3.46. The highest BCUT2D eigenvalue weighted by Crippen LogP contribution is 2.32. The lowest BCUT2D eigenvalue weighted by Crippen LogP contribution is -2.23. The molecule has 3 rings (SSSR count). The Bertz CT molecular complexity index is 484. The van der Waals surface area contributed by atoms with Gasteiger partial charge >= 0.3 is 0 Å². The van der Waals surface area contributed by atoms with Gasteiger partial charge in [0.25, 0.3) is 0 Å². The minimum Gasteiger partial charge on any atom is -0.489 e. The average molecular weight is 212 g/mol. The van der Waals surface area contributed by atoms with Crippen LogP contribution >= 0.6 is 0 Å². The monoisotopic (exact) mass is 212 g/mol. The summed E-state index contributed by atoms with van der Waals surface area (Å²) in [5.74, 6) is 0.924. The number of pyridine rings is 1. The first-order chi connectivity index (χ1) is 7.93.